The van der Waals surface area contributed by atoms with E-state index in [2.05, 4.69) is 11.9 Å². The van der Waals surface area contributed by atoms with E-state index in [9.17, 15) is 9.59 Å². The molecule has 8 heteroatoms. The molecule has 0 bridgehead atoms. The molecule has 6 nitrogen and oxygen atoms in total. The SMILES string of the molecule is C=CCN1C(=O)/C(=C\c2ccc(OCC(=O)Nc3ccccc3OC)cc2)SC1=S. The Kier molecular flexibility index (Phi) is 7.26. The van der Waals surface area contributed by atoms with Crippen molar-refractivity contribution in [3.05, 3.63) is 71.7 Å². The quantitative estimate of drug-likeness (QED) is 0.379. The molecule has 0 spiro atoms. The zero-order valence-electron chi connectivity index (χ0n) is 16.3. The molecule has 1 N–H and O–H groups in total. The molecule has 0 aliphatic carbocycles. The fourth-order valence-electron chi connectivity index (χ4n) is 2.68. The molecule has 0 unspecified atom stereocenters. The standard InChI is InChI=1S/C22H20N2O4S2/c1-3-12-24-21(26)19(30-22(24)29)13-15-8-10-16(11-9-15)28-14-20(25)23-17-6-4-5-7-18(17)27-2/h3-11,13H,1,12,14H2,2H3,(H,23,25)/b19-13+. The van der Waals surface area contributed by atoms with Gasteiger partial charge in [0, 0.05) is 6.54 Å². The van der Waals surface area contributed by atoms with Crippen LogP contribution in [0.15, 0.2) is 66.1 Å². The lowest BCUT2D eigenvalue weighted by atomic mass is 10.2. The maximum absolute atomic E-state index is 12.4. The third-order valence-corrected chi connectivity index (χ3v) is 5.49. The van der Waals surface area contributed by atoms with Gasteiger partial charge in [-0.05, 0) is 35.9 Å². The first-order valence-corrected chi connectivity index (χ1v) is 10.3. The third kappa shape index (κ3) is 5.28. The number of thiocarbonyl (C=S) groups is 1. The molecule has 0 saturated carbocycles. The summed E-state index contributed by atoms with van der Waals surface area (Å²) in [6, 6.07) is 14.3. The summed E-state index contributed by atoms with van der Waals surface area (Å²) in [5, 5.41) is 2.75. The Morgan fingerprint density at radius 2 is 1.97 bits per heavy atom. The second kappa shape index (κ2) is 10.1. The number of para-hydroxylation sites is 2. The fourth-order valence-corrected chi connectivity index (χ4v) is 3.96. The van der Waals surface area contributed by atoms with Crippen LogP contribution in [0.3, 0.4) is 0 Å². The van der Waals surface area contributed by atoms with Crippen molar-refractivity contribution in [1.82, 2.24) is 4.90 Å². The predicted octanol–water partition coefficient (Wildman–Crippen LogP) is 4.10. The Hall–Kier alpha value is -3.10. The van der Waals surface area contributed by atoms with Crippen LogP contribution >= 0.6 is 24.0 Å². The number of rotatable bonds is 8. The number of amides is 2. The van der Waals surface area contributed by atoms with Gasteiger partial charge >= 0.3 is 0 Å². The topological polar surface area (TPSA) is 67.9 Å². The summed E-state index contributed by atoms with van der Waals surface area (Å²) in [6.45, 7) is 3.90. The van der Waals surface area contributed by atoms with Crippen LogP contribution in [0.25, 0.3) is 6.08 Å². The molecule has 30 heavy (non-hydrogen) atoms. The van der Waals surface area contributed by atoms with E-state index in [0.29, 0.717) is 33.0 Å². The predicted molar refractivity (Wildman–Crippen MR) is 124 cm³/mol. The van der Waals surface area contributed by atoms with E-state index in [4.69, 9.17) is 21.7 Å². The number of nitrogens with zero attached hydrogens (tertiary/aromatic N) is 1. The van der Waals surface area contributed by atoms with E-state index in [1.165, 1.54) is 16.7 Å². The maximum atomic E-state index is 12.4. The number of nitrogens with one attached hydrogen (secondary N) is 1. The van der Waals surface area contributed by atoms with Gasteiger partial charge in [-0.2, -0.15) is 0 Å². The molecule has 0 radical (unpaired) electrons. The minimum Gasteiger partial charge on any atom is -0.495 e. The van der Waals surface area contributed by atoms with Crippen LogP contribution in [0.4, 0.5) is 5.69 Å². The van der Waals surface area contributed by atoms with Crippen molar-refractivity contribution in [2.24, 2.45) is 0 Å². The molecule has 154 valence electrons. The second-order valence-electron chi connectivity index (χ2n) is 6.19. The molecule has 1 fully saturated rings. The van der Waals surface area contributed by atoms with Gasteiger partial charge in [-0.1, -0.05) is 54.3 Å². The van der Waals surface area contributed by atoms with Crippen molar-refractivity contribution in [2.45, 2.75) is 0 Å². The number of benzene rings is 2. The van der Waals surface area contributed by atoms with Crippen LogP contribution in [0.2, 0.25) is 0 Å². The van der Waals surface area contributed by atoms with Gasteiger partial charge in [0.2, 0.25) is 0 Å². The summed E-state index contributed by atoms with van der Waals surface area (Å²) in [5.74, 6) is 0.697. The van der Waals surface area contributed by atoms with Crippen molar-refractivity contribution in [1.29, 1.82) is 0 Å². The Morgan fingerprint density at radius 1 is 1.23 bits per heavy atom. The Morgan fingerprint density at radius 3 is 2.67 bits per heavy atom. The Balaban J connectivity index is 1.57. The molecule has 2 amide bonds. The second-order valence-corrected chi connectivity index (χ2v) is 7.86. The number of hydrogen-bond donors (Lipinski definition) is 1. The molecule has 1 saturated heterocycles. The highest BCUT2D eigenvalue weighted by molar-refractivity contribution is 8.26. The van der Waals surface area contributed by atoms with Crippen molar-refractivity contribution >= 4 is 51.9 Å². The highest BCUT2D eigenvalue weighted by Gasteiger charge is 2.30. The van der Waals surface area contributed by atoms with E-state index in [1.807, 2.05) is 24.3 Å². The first-order valence-electron chi connectivity index (χ1n) is 9.04. The van der Waals surface area contributed by atoms with Gasteiger partial charge in [-0.15, -0.1) is 6.58 Å². The summed E-state index contributed by atoms with van der Waals surface area (Å²) in [4.78, 5) is 26.6. The molecule has 1 aliphatic heterocycles. The first kappa shape index (κ1) is 21.6. The van der Waals surface area contributed by atoms with Crippen molar-refractivity contribution in [3.8, 4) is 11.5 Å². The lowest BCUT2D eigenvalue weighted by Gasteiger charge is -2.11. The van der Waals surface area contributed by atoms with Crippen LogP contribution in [-0.2, 0) is 9.59 Å². The summed E-state index contributed by atoms with van der Waals surface area (Å²) in [5.41, 5.74) is 1.41. The zero-order valence-corrected chi connectivity index (χ0v) is 17.9. The van der Waals surface area contributed by atoms with Gasteiger partial charge in [0.1, 0.15) is 15.8 Å². The smallest absolute Gasteiger partial charge is 0.266 e. The largest absolute Gasteiger partial charge is 0.495 e. The number of anilines is 1. The van der Waals surface area contributed by atoms with E-state index >= 15 is 0 Å². The van der Waals surface area contributed by atoms with E-state index in [0.717, 1.165) is 5.56 Å². The van der Waals surface area contributed by atoms with Crippen LogP contribution in [0, 0.1) is 0 Å². The number of carbonyl (C=O) groups is 2. The monoisotopic (exact) mass is 440 g/mol. The van der Waals surface area contributed by atoms with Crippen LogP contribution in [-0.4, -0.2) is 41.3 Å². The summed E-state index contributed by atoms with van der Waals surface area (Å²) in [6.07, 6.45) is 3.42. The molecular weight excluding hydrogens is 420 g/mol. The van der Waals surface area contributed by atoms with Crippen LogP contribution in [0.5, 0.6) is 11.5 Å². The molecule has 1 heterocycles. The number of thioether (sulfide) groups is 1. The molecule has 1 aliphatic rings. The summed E-state index contributed by atoms with van der Waals surface area (Å²) >= 11 is 6.50. The molecule has 0 aromatic heterocycles. The van der Waals surface area contributed by atoms with Crippen molar-refractivity contribution in [2.75, 3.05) is 25.6 Å². The maximum Gasteiger partial charge on any atom is 0.266 e. The first-order chi connectivity index (χ1) is 14.5. The lowest BCUT2D eigenvalue weighted by molar-refractivity contribution is -0.121. The van der Waals surface area contributed by atoms with Gasteiger partial charge in [-0.25, -0.2) is 0 Å². The van der Waals surface area contributed by atoms with Crippen LogP contribution in [0.1, 0.15) is 5.56 Å². The lowest BCUT2D eigenvalue weighted by Crippen LogP contribution is -2.27. The fraction of sp³-hybridized carbons (Fsp3) is 0.136. The van der Waals surface area contributed by atoms with Crippen molar-refractivity contribution in [3.63, 3.8) is 0 Å². The Labute approximate surface area is 184 Å². The Bertz CT molecular complexity index is 1000. The van der Waals surface area contributed by atoms with Gasteiger partial charge < -0.3 is 14.8 Å². The molecule has 2 aromatic rings. The third-order valence-electron chi connectivity index (χ3n) is 4.11. The van der Waals surface area contributed by atoms with E-state index in [-0.39, 0.29) is 18.4 Å². The van der Waals surface area contributed by atoms with E-state index < -0.39 is 0 Å². The van der Waals surface area contributed by atoms with Gasteiger partial charge in [0.15, 0.2) is 6.61 Å². The number of methoxy groups -OCH3 is 1. The average Bonchev–Trinajstić information content (AvgIpc) is 3.01. The molecule has 2 aromatic carbocycles. The minimum absolute atomic E-state index is 0.127. The van der Waals surface area contributed by atoms with E-state index in [1.54, 1.807) is 43.5 Å². The summed E-state index contributed by atoms with van der Waals surface area (Å²) in [7, 11) is 1.54. The normalized spacial score (nSPS) is 14.7. The minimum atomic E-state index is -0.297. The van der Waals surface area contributed by atoms with Gasteiger partial charge in [0.05, 0.1) is 17.7 Å². The zero-order chi connectivity index (χ0) is 21.5. The average molecular weight is 441 g/mol. The van der Waals surface area contributed by atoms with Gasteiger partial charge in [0.25, 0.3) is 11.8 Å². The number of carbonyl (C=O) groups excluding carboxylic acids is 2. The molecule has 3 rings (SSSR count). The molecule has 0 atom stereocenters. The molecular formula is C22H20N2O4S2. The highest BCUT2D eigenvalue weighted by Crippen LogP contribution is 2.32. The van der Waals surface area contributed by atoms with Crippen LogP contribution < -0.4 is 14.8 Å². The summed E-state index contributed by atoms with van der Waals surface area (Å²) < 4.78 is 11.3. The van der Waals surface area contributed by atoms with Gasteiger partial charge in [-0.3, -0.25) is 14.5 Å². The van der Waals surface area contributed by atoms with Crippen molar-refractivity contribution < 1.29 is 19.1 Å². The number of hydrogen-bond acceptors (Lipinski definition) is 6. The highest BCUT2D eigenvalue weighted by atomic mass is 32.2. The number of ether oxygens (including phenoxy) is 2.